The number of aryl methyl sites for hydroxylation is 1. The molecule has 1 amide bonds. The Balaban J connectivity index is 0.000000645. The van der Waals surface area contributed by atoms with Gasteiger partial charge in [0.15, 0.2) is 5.78 Å². The number of rotatable bonds is 15. The number of hydrogen-bond donors (Lipinski definition) is 1. The minimum Gasteiger partial charge on any atom is -0.363 e. The van der Waals surface area contributed by atoms with Gasteiger partial charge in [-0.25, -0.2) is 0 Å². The van der Waals surface area contributed by atoms with Crippen molar-refractivity contribution in [2.75, 3.05) is 0 Å². The number of hydrogen-bond acceptors (Lipinski definition) is 3. The number of ether oxygens (including phenoxy) is 1. The van der Waals surface area contributed by atoms with E-state index in [1.807, 2.05) is 13.8 Å². The molecule has 1 aromatic carbocycles. The third-order valence-corrected chi connectivity index (χ3v) is 8.59. The fraction of sp³-hybridized carbons (Fsp3) is 0.561. The first-order valence-corrected chi connectivity index (χ1v) is 17.0. The fourth-order valence-electron chi connectivity index (χ4n) is 5.43. The number of nitrogens with one attached hydrogen (secondary N) is 1. The highest BCUT2D eigenvalue weighted by Crippen LogP contribution is 2.38. The van der Waals surface area contributed by atoms with Crippen LogP contribution in [0.1, 0.15) is 132 Å². The van der Waals surface area contributed by atoms with Crippen LogP contribution in [0.2, 0.25) is 0 Å². The van der Waals surface area contributed by atoms with Crippen molar-refractivity contribution in [3.05, 3.63) is 88.6 Å². The Kier molecular flexibility index (Phi) is 17.4. The van der Waals surface area contributed by atoms with Crippen LogP contribution >= 0.6 is 0 Å². The van der Waals surface area contributed by atoms with Crippen molar-refractivity contribution in [2.24, 2.45) is 5.41 Å². The summed E-state index contributed by atoms with van der Waals surface area (Å²) in [6.45, 7) is 27.6. The highest BCUT2D eigenvalue weighted by Gasteiger charge is 2.30. The smallest absolute Gasteiger partial charge is 0.207 e. The van der Waals surface area contributed by atoms with Crippen molar-refractivity contribution in [2.45, 2.75) is 145 Å². The molecule has 4 nitrogen and oxygen atoms in total. The maximum atomic E-state index is 11.5. The van der Waals surface area contributed by atoms with Crippen LogP contribution in [0.25, 0.3) is 5.57 Å². The molecular formula is C41H63NO3. The van der Waals surface area contributed by atoms with Crippen LogP contribution < -0.4 is 5.32 Å². The molecule has 3 atom stereocenters. The van der Waals surface area contributed by atoms with Gasteiger partial charge in [0.05, 0.1) is 6.10 Å². The summed E-state index contributed by atoms with van der Waals surface area (Å²) in [5, 5.41) is 3.10. The monoisotopic (exact) mass is 617 g/mol. The largest absolute Gasteiger partial charge is 0.363 e. The Morgan fingerprint density at radius 3 is 2.11 bits per heavy atom. The maximum absolute atomic E-state index is 11.5. The molecule has 0 spiro atoms. The number of carbonyl (C=O) groups is 2. The van der Waals surface area contributed by atoms with E-state index in [0.29, 0.717) is 6.42 Å². The third kappa shape index (κ3) is 13.5. The molecule has 45 heavy (non-hydrogen) atoms. The topological polar surface area (TPSA) is 55.4 Å². The van der Waals surface area contributed by atoms with Crippen molar-refractivity contribution in [3.8, 4) is 0 Å². The minimum absolute atomic E-state index is 0.0516. The zero-order valence-electron chi connectivity index (χ0n) is 30.4. The van der Waals surface area contributed by atoms with Gasteiger partial charge in [-0.05, 0) is 106 Å². The highest BCUT2D eigenvalue weighted by atomic mass is 16.5. The Bertz CT molecular complexity index is 1220. The quantitative estimate of drug-likeness (QED) is 0.121. The fourth-order valence-corrected chi connectivity index (χ4v) is 5.43. The number of Topliss-reactive ketones (excluding diaryl/α,β-unsaturated/α-hetero) is 1. The molecule has 1 saturated heterocycles. The van der Waals surface area contributed by atoms with E-state index in [4.69, 9.17) is 4.74 Å². The van der Waals surface area contributed by atoms with Crippen molar-refractivity contribution in [1.82, 2.24) is 5.32 Å². The molecule has 1 aliphatic rings. The van der Waals surface area contributed by atoms with Gasteiger partial charge in [-0.3, -0.25) is 9.59 Å². The van der Waals surface area contributed by atoms with Gasteiger partial charge in [0.25, 0.3) is 0 Å². The predicted molar refractivity (Wildman–Crippen MR) is 194 cm³/mol. The lowest BCUT2D eigenvalue weighted by Gasteiger charge is -2.33. The summed E-state index contributed by atoms with van der Waals surface area (Å²) in [6.07, 6.45) is 17.1. The Morgan fingerprint density at radius 2 is 1.64 bits per heavy atom. The van der Waals surface area contributed by atoms with Crippen molar-refractivity contribution in [1.29, 1.82) is 0 Å². The standard InChI is InChI=1S/C30H45NO.C11H18O2/c1-10-13-14-15-25(11-2)27(21-30(9,12-3)31-22-32)28(29(6,7)8)20-24(5)26-18-16-23(4)17-19-26;1-4-5-9(12)11-7-6-10(13-11)8(2)3/h11,14-20,22H,10,12-13,21H2,1-9H3,(H,31,32);10-11H,2,4-7H2,1,3H3/b15-14+,24-20+,25-11-,28-27+;. The van der Waals surface area contributed by atoms with E-state index < -0.39 is 0 Å². The van der Waals surface area contributed by atoms with Crippen LogP contribution in [0.15, 0.2) is 77.4 Å². The lowest BCUT2D eigenvalue weighted by molar-refractivity contribution is -0.129. The predicted octanol–water partition coefficient (Wildman–Crippen LogP) is 10.8. The van der Waals surface area contributed by atoms with Crippen molar-refractivity contribution >= 4 is 17.8 Å². The minimum atomic E-state index is -0.300. The van der Waals surface area contributed by atoms with Crippen LogP contribution in [0.5, 0.6) is 0 Å². The second kappa shape index (κ2) is 19.5. The lowest BCUT2D eigenvalue weighted by atomic mass is 9.75. The maximum Gasteiger partial charge on any atom is 0.207 e. The Hall–Kier alpha value is -2.98. The summed E-state index contributed by atoms with van der Waals surface area (Å²) >= 11 is 0. The second-order valence-electron chi connectivity index (χ2n) is 13.9. The molecule has 1 N–H and O–H groups in total. The molecule has 1 aromatic rings. The van der Waals surface area contributed by atoms with Gasteiger partial charge in [-0.1, -0.05) is 114 Å². The van der Waals surface area contributed by atoms with Gasteiger partial charge in [0.1, 0.15) is 6.10 Å². The summed E-state index contributed by atoms with van der Waals surface area (Å²) < 4.78 is 5.59. The van der Waals surface area contributed by atoms with E-state index in [0.717, 1.165) is 56.9 Å². The van der Waals surface area contributed by atoms with E-state index >= 15 is 0 Å². The van der Waals surface area contributed by atoms with Gasteiger partial charge in [-0.2, -0.15) is 0 Å². The Labute approximate surface area is 276 Å². The molecule has 4 heteroatoms. The number of allylic oxidation sites excluding steroid dienone is 7. The molecule has 2 rings (SSSR count). The first-order valence-electron chi connectivity index (χ1n) is 17.0. The van der Waals surface area contributed by atoms with Gasteiger partial charge < -0.3 is 10.1 Å². The first-order chi connectivity index (χ1) is 21.2. The van der Waals surface area contributed by atoms with Gasteiger partial charge in [0, 0.05) is 12.0 Å². The third-order valence-electron chi connectivity index (χ3n) is 8.59. The number of unbranched alkanes of at least 4 members (excludes halogenated alkanes) is 1. The summed E-state index contributed by atoms with van der Waals surface area (Å²) in [6, 6.07) is 8.73. The molecule has 0 radical (unpaired) electrons. The van der Waals surface area contributed by atoms with E-state index in [-0.39, 0.29) is 28.9 Å². The van der Waals surface area contributed by atoms with Gasteiger partial charge in [-0.15, -0.1) is 0 Å². The molecule has 0 bridgehead atoms. The van der Waals surface area contributed by atoms with E-state index in [9.17, 15) is 9.59 Å². The molecular weight excluding hydrogens is 554 g/mol. The van der Waals surface area contributed by atoms with E-state index in [2.05, 4.69) is 123 Å². The first kappa shape index (κ1) is 40.0. The SMILES string of the molecule is C/C=C(/C=C/CCC)C(\CC(C)(CC)NC=O)=C(/C=C(\C)c1ccc(C)cc1)C(C)(C)C.C=C(C)C1CCC(C(=O)CCC)O1. The summed E-state index contributed by atoms with van der Waals surface area (Å²) in [5.41, 5.74) is 8.30. The zero-order chi connectivity index (χ0) is 34.2. The average molecular weight is 618 g/mol. The summed E-state index contributed by atoms with van der Waals surface area (Å²) in [5.74, 6) is 0.256. The second-order valence-corrected chi connectivity index (χ2v) is 13.9. The Morgan fingerprint density at radius 1 is 1.02 bits per heavy atom. The van der Waals surface area contributed by atoms with Gasteiger partial charge in [0.2, 0.25) is 6.41 Å². The van der Waals surface area contributed by atoms with Crippen LogP contribution in [0.3, 0.4) is 0 Å². The van der Waals surface area contributed by atoms with Gasteiger partial charge >= 0.3 is 0 Å². The number of carbonyl (C=O) groups excluding carboxylic acids is 2. The molecule has 1 aliphatic heterocycles. The highest BCUT2D eigenvalue weighted by molar-refractivity contribution is 5.83. The zero-order valence-corrected chi connectivity index (χ0v) is 30.4. The molecule has 0 aliphatic carbocycles. The van der Waals surface area contributed by atoms with Crippen LogP contribution in [0, 0.1) is 12.3 Å². The summed E-state index contributed by atoms with van der Waals surface area (Å²) in [7, 11) is 0. The molecule has 250 valence electrons. The molecule has 3 unspecified atom stereocenters. The number of benzene rings is 1. The van der Waals surface area contributed by atoms with Crippen LogP contribution in [0.4, 0.5) is 0 Å². The van der Waals surface area contributed by atoms with E-state index in [1.165, 1.54) is 33.4 Å². The number of amides is 1. The summed E-state index contributed by atoms with van der Waals surface area (Å²) in [4.78, 5) is 22.9. The van der Waals surface area contributed by atoms with Crippen molar-refractivity contribution in [3.63, 3.8) is 0 Å². The molecule has 0 saturated carbocycles. The molecule has 1 heterocycles. The number of ketones is 1. The molecule has 0 aromatic heterocycles. The van der Waals surface area contributed by atoms with Crippen LogP contribution in [-0.4, -0.2) is 29.9 Å². The van der Waals surface area contributed by atoms with Crippen molar-refractivity contribution < 1.29 is 14.3 Å². The normalized spacial score (nSPS) is 19.4. The van der Waals surface area contributed by atoms with Crippen LogP contribution in [-0.2, 0) is 14.3 Å². The van der Waals surface area contributed by atoms with E-state index in [1.54, 1.807) is 0 Å². The molecule has 1 fully saturated rings. The lowest BCUT2D eigenvalue weighted by Crippen LogP contribution is -2.41. The average Bonchev–Trinajstić information content (AvgIpc) is 3.49.